The zero-order chi connectivity index (χ0) is 15.2. The average molecular weight is 388 g/mol. The molecule has 0 aliphatic carbocycles. The van der Waals surface area contributed by atoms with E-state index in [1.54, 1.807) is 11.3 Å². The topological polar surface area (TPSA) is 54.0 Å². The molecule has 0 spiro atoms. The van der Waals surface area contributed by atoms with Crippen LogP contribution in [-0.4, -0.2) is 23.5 Å². The Bertz CT molecular complexity index is 615. The third-order valence-electron chi connectivity index (χ3n) is 3.89. The van der Waals surface area contributed by atoms with Gasteiger partial charge in [-0.05, 0) is 31.4 Å². The summed E-state index contributed by atoms with van der Waals surface area (Å²) in [6.07, 6.45) is 3.97. The second kappa shape index (κ2) is 10.7. The first-order chi connectivity index (χ1) is 10.8. The lowest BCUT2D eigenvalue weighted by molar-refractivity contribution is -0.122. The molecule has 4 nitrogen and oxygen atoms in total. The molecule has 7 heteroatoms. The van der Waals surface area contributed by atoms with Crippen LogP contribution in [0.5, 0.6) is 0 Å². The summed E-state index contributed by atoms with van der Waals surface area (Å²) >= 11 is 1.67. The van der Waals surface area contributed by atoms with Crippen LogP contribution < -0.4 is 10.6 Å². The summed E-state index contributed by atoms with van der Waals surface area (Å²) in [5.41, 5.74) is 2.29. The molecule has 24 heavy (non-hydrogen) atoms. The fourth-order valence-electron chi connectivity index (χ4n) is 2.65. The molecular weight excluding hydrogens is 365 g/mol. The molecule has 1 unspecified atom stereocenters. The van der Waals surface area contributed by atoms with Gasteiger partial charge in [0, 0.05) is 11.8 Å². The van der Waals surface area contributed by atoms with Crippen molar-refractivity contribution in [3.63, 3.8) is 0 Å². The highest BCUT2D eigenvalue weighted by Crippen LogP contribution is 2.13. The van der Waals surface area contributed by atoms with E-state index in [2.05, 4.69) is 39.9 Å². The first-order valence-electron chi connectivity index (χ1n) is 7.79. The number of aromatic nitrogens is 1. The van der Waals surface area contributed by atoms with Gasteiger partial charge in [0.25, 0.3) is 0 Å². The number of halogens is 2. The van der Waals surface area contributed by atoms with Gasteiger partial charge in [0.2, 0.25) is 5.91 Å². The van der Waals surface area contributed by atoms with Crippen LogP contribution in [0.15, 0.2) is 35.7 Å². The minimum absolute atomic E-state index is 0. The molecule has 1 aromatic heterocycles. The number of carbonyl (C=O) groups excluding carboxylic acids is 1. The first-order valence-corrected chi connectivity index (χ1v) is 8.67. The van der Waals surface area contributed by atoms with E-state index in [0.717, 1.165) is 42.9 Å². The van der Waals surface area contributed by atoms with Gasteiger partial charge in [-0.3, -0.25) is 4.79 Å². The number of hydrogen-bond acceptors (Lipinski definition) is 4. The van der Waals surface area contributed by atoms with Crippen molar-refractivity contribution in [3.8, 4) is 0 Å². The van der Waals surface area contributed by atoms with Gasteiger partial charge in [-0.15, -0.1) is 36.2 Å². The van der Waals surface area contributed by atoms with Crippen molar-refractivity contribution in [2.24, 2.45) is 0 Å². The molecule has 2 aromatic rings. The molecular formula is C17H23Cl2N3OS. The van der Waals surface area contributed by atoms with E-state index in [0.29, 0.717) is 6.54 Å². The molecule has 3 rings (SSSR count). The number of nitrogens with one attached hydrogen (secondary N) is 2. The Hall–Kier alpha value is -1.14. The maximum Gasteiger partial charge on any atom is 0.237 e. The number of nitrogens with zero attached hydrogens (tertiary/aromatic N) is 1. The van der Waals surface area contributed by atoms with Crippen molar-refractivity contribution in [3.05, 3.63) is 52.0 Å². The van der Waals surface area contributed by atoms with E-state index in [1.807, 2.05) is 11.4 Å². The molecule has 1 aliphatic rings. The number of carbonyl (C=O) groups is 1. The van der Waals surface area contributed by atoms with Crippen LogP contribution in [0.25, 0.3) is 0 Å². The van der Waals surface area contributed by atoms with Gasteiger partial charge >= 0.3 is 0 Å². The summed E-state index contributed by atoms with van der Waals surface area (Å²) in [7, 11) is 0. The third kappa shape index (κ3) is 6.06. The zero-order valence-corrected chi connectivity index (χ0v) is 15.8. The molecule has 0 saturated carbocycles. The highest BCUT2D eigenvalue weighted by molar-refractivity contribution is 7.09. The minimum Gasteiger partial charge on any atom is -0.349 e. The zero-order valence-electron chi connectivity index (χ0n) is 13.4. The molecule has 132 valence electrons. The quantitative estimate of drug-likeness (QED) is 0.800. The molecule has 1 aliphatic heterocycles. The number of rotatable bonds is 6. The predicted molar refractivity (Wildman–Crippen MR) is 103 cm³/mol. The highest BCUT2D eigenvalue weighted by Gasteiger charge is 2.21. The van der Waals surface area contributed by atoms with Crippen molar-refractivity contribution in [2.75, 3.05) is 6.54 Å². The van der Waals surface area contributed by atoms with Gasteiger partial charge in [-0.2, -0.15) is 0 Å². The molecule has 2 heterocycles. The predicted octanol–water partition coefficient (Wildman–Crippen LogP) is 3.14. The molecule has 1 amide bonds. The van der Waals surface area contributed by atoms with Gasteiger partial charge in [0.15, 0.2) is 0 Å². The Morgan fingerprint density at radius 3 is 2.75 bits per heavy atom. The maximum atomic E-state index is 11.9. The number of hydrogen-bond donors (Lipinski definition) is 2. The van der Waals surface area contributed by atoms with Crippen LogP contribution in [-0.2, 0) is 24.2 Å². The first kappa shape index (κ1) is 20.9. The summed E-state index contributed by atoms with van der Waals surface area (Å²) in [6, 6.07) is 10.4. The standard InChI is InChI=1S/C17H21N3OS.2ClH/c21-17(15-7-4-10-18-15)19-11-14-12-22-16(20-14)9-8-13-5-2-1-3-6-13;;/h1-3,5-6,12,15,18H,4,7-11H2,(H,19,21);2*1H. The van der Waals surface area contributed by atoms with Crippen LogP contribution in [0.4, 0.5) is 0 Å². The summed E-state index contributed by atoms with van der Waals surface area (Å²) < 4.78 is 0. The van der Waals surface area contributed by atoms with E-state index < -0.39 is 0 Å². The number of benzene rings is 1. The SMILES string of the molecule is Cl.Cl.O=C(NCc1csc(CCc2ccccc2)n1)C1CCCN1. The summed E-state index contributed by atoms with van der Waals surface area (Å²) in [5.74, 6) is 0.0938. The van der Waals surface area contributed by atoms with E-state index in [9.17, 15) is 4.79 Å². The normalized spacial score (nSPS) is 16.1. The monoisotopic (exact) mass is 387 g/mol. The van der Waals surface area contributed by atoms with Crippen molar-refractivity contribution in [1.82, 2.24) is 15.6 Å². The average Bonchev–Trinajstić information content (AvgIpc) is 3.23. The van der Waals surface area contributed by atoms with Gasteiger partial charge in [-0.25, -0.2) is 4.98 Å². The van der Waals surface area contributed by atoms with E-state index in [1.165, 1.54) is 5.56 Å². The van der Waals surface area contributed by atoms with Crippen LogP contribution in [0.2, 0.25) is 0 Å². The number of aryl methyl sites for hydroxylation is 2. The fraction of sp³-hybridized carbons (Fsp3) is 0.412. The minimum atomic E-state index is -0.0174. The van der Waals surface area contributed by atoms with Gasteiger partial charge in [-0.1, -0.05) is 30.3 Å². The van der Waals surface area contributed by atoms with Crippen LogP contribution in [0.3, 0.4) is 0 Å². The van der Waals surface area contributed by atoms with Gasteiger partial charge in [0.1, 0.15) is 0 Å². The summed E-state index contributed by atoms with van der Waals surface area (Å²) in [5, 5.41) is 9.35. The second-order valence-corrected chi connectivity index (χ2v) is 6.53. The number of thiazole rings is 1. The summed E-state index contributed by atoms with van der Waals surface area (Å²) in [4.78, 5) is 16.5. The lowest BCUT2D eigenvalue weighted by Gasteiger charge is -2.09. The Labute approximate surface area is 159 Å². The molecule has 0 radical (unpaired) electrons. The molecule has 1 aromatic carbocycles. The van der Waals surface area contributed by atoms with Crippen LogP contribution in [0, 0.1) is 0 Å². The maximum absolute atomic E-state index is 11.9. The second-order valence-electron chi connectivity index (χ2n) is 5.58. The smallest absolute Gasteiger partial charge is 0.237 e. The van der Waals surface area contributed by atoms with E-state index in [4.69, 9.17) is 0 Å². The van der Waals surface area contributed by atoms with Crippen molar-refractivity contribution in [2.45, 2.75) is 38.3 Å². The van der Waals surface area contributed by atoms with Gasteiger partial charge < -0.3 is 10.6 Å². The fourth-order valence-corrected chi connectivity index (χ4v) is 3.45. The Kier molecular flexibility index (Phi) is 9.29. The van der Waals surface area contributed by atoms with Gasteiger partial charge in [0.05, 0.1) is 23.3 Å². The lowest BCUT2D eigenvalue weighted by atomic mass is 10.1. The molecule has 0 bridgehead atoms. The molecule has 1 saturated heterocycles. The molecule has 1 fully saturated rings. The Morgan fingerprint density at radius 1 is 1.25 bits per heavy atom. The molecule has 1 atom stereocenters. The molecule has 2 N–H and O–H groups in total. The van der Waals surface area contributed by atoms with Crippen molar-refractivity contribution >= 4 is 42.1 Å². The Morgan fingerprint density at radius 2 is 2.04 bits per heavy atom. The Balaban J connectivity index is 0.00000144. The van der Waals surface area contributed by atoms with E-state index >= 15 is 0 Å². The van der Waals surface area contributed by atoms with Crippen molar-refractivity contribution in [1.29, 1.82) is 0 Å². The third-order valence-corrected chi connectivity index (χ3v) is 4.85. The van der Waals surface area contributed by atoms with Crippen molar-refractivity contribution < 1.29 is 4.79 Å². The van der Waals surface area contributed by atoms with Crippen LogP contribution in [0.1, 0.15) is 29.1 Å². The number of amides is 1. The summed E-state index contributed by atoms with van der Waals surface area (Å²) in [6.45, 7) is 1.47. The lowest BCUT2D eigenvalue weighted by Crippen LogP contribution is -2.40. The van der Waals surface area contributed by atoms with Crippen LogP contribution >= 0.6 is 36.2 Å². The largest absolute Gasteiger partial charge is 0.349 e. The van der Waals surface area contributed by atoms with E-state index in [-0.39, 0.29) is 36.8 Å². The highest BCUT2D eigenvalue weighted by atomic mass is 35.5.